The van der Waals surface area contributed by atoms with Gasteiger partial charge in [0.25, 0.3) is 0 Å². The highest BCUT2D eigenvalue weighted by molar-refractivity contribution is 8.02. The van der Waals surface area contributed by atoms with Gasteiger partial charge in [0.2, 0.25) is 5.91 Å². The summed E-state index contributed by atoms with van der Waals surface area (Å²) in [5, 5.41) is 6.18. The Morgan fingerprint density at radius 3 is 2.78 bits per heavy atom. The highest BCUT2D eigenvalue weighted by atomic mass is 35.5. The van der Waals surface area contributed by atoms with E-state index in [0.717, 1.165) is 23.6 Å². The monoisotopic (exact) mass is 418 g/mol. The van der Waals surface area contributed by atoms with E-state index in [1.54, 1.807) is 23.5 Å². The number of thioether (sulfide) groups is 2. The Balaban J connectivity index is 1.44. The molecule has 1 aliphatic rings. The summed E-state index contributed by atoms with van der Waals surface area (Å²) in [4.78, 5) is 15.8. The summed E-state index contributed by atoms with van der Waals surface area (Å²) in [5.74, 6) is 0.0641. The van der Waals surface area contributed by atoms with Crippen molar-refractivity contribution in [3.05, 3.63) is 76.3 Å². The van der Waals surface area contributed by atoms with E-state index in [-0.39, 0.29) is 11.3 Å². The quantitative estimate of drug-likeness (QED) is 0.623. The van der Waals surface area contributed by atoms with Crippen molar-refractivity contribution in [3.63, 3.8) is 0 Å². The number of hydrogen-bond donors (Lipinski definition) is 1. The van der Waals surface area contributed by atoms with E-state index in [2.05, 4.69) is 40.0 Å². The zero-order chi connectivity index (χ0) is 19.1. The van der Waals surface area contributed by atoms with Crippen molar-refractivity contribution in [2.75, 3.05) is 19.3 Å². The molecule has 0 aliphatic carbocycles. The summed E-state index contributed by atoms with van der Waals surface area (Å²) in [7, 11) is 0. The van der Waals surface area contributed by atoms with E-state index in [1.165, 1.54) is 10.5 Å². The molecule has 0 aromatic heterocycles. The first-order chi connectivity index (χ1) is 13.1. The minimum absolute atomic E-state index is 0.0641. The molecular formula is C21H23ClN2OS2. The van der Waals surface area contributed by atoms with Crippen LogP contribution in [0.3, 0.4) is 0 Å². The summed E-state index contributed by atoms with van der Waals surface area (Å²) in [6.45, 7) is 1.54. The highest BCUT2D eigenvalue weighted by Crippen LogP contribution is 2.25. The fourth-order valence-corrected chi connectivity index (χ4v) is 4.45. The lowest BCUT2D eigenvalue weighted by Crippen LogP contribution is -2.39. The topological polar surface area (TPSA) is 32.3 Å². The van der Waals surface area contributed by atoms with Crippen LogP contribution in [0.25, 0.3) is 0 Å². The zero-order valence-corrected chi connectivity index (χ0v) is 17.6. The number of benzene rings is 2. The predicted molar refractivity (Wildman–Crippen MR) is 117 cm³/mol. The van der Waals surface area contributed by atoms with Crippen molar-refractivity contribution in [1.82, 2.24) is 10.2 Å². The van der Waals surface area contributed by atoms with E-state index in [4.69, 9.17) is 11.6 Å². The van der Waals surface area contributed by atoms with Crippen LogP contribution in [0.1, 0.15) is 11.1 Å². The zero-order valence-electron chi connectivity index (χ0n) is 15.2. The van der Waals surface area contributed by atoms with Crippen molar-refractivity contribution in [1.29, 1.82) is 0 Å². The van der Waals surface area contributed by atoms with Crippen molar-refractivity contribution in [2.24, 2.45) is 0 Å². The maximum absolute atomic E-state index is 12.3. The molecule has 1 heterocycles. The SMILES string of the molecule is CSc1ccc(CC(=O)NCC2SC=CN2CCc2cccc(Cl)c2)cc1. The van der Waals surface area contributed by atoms with Gasteiger partial charge in [0.1, 0.15) is 0 Å². The summed E-state index contributed by atoms with van der Waals surface area (Å²) >= 11 is 9.50. The lowest BCUT2D eigenvalue weighted by molar-refractivity contribution is -0.120. The minimum Gasteiger partial charge on any atom is -0.363 e. The summed E-state index contributed by atoms with van der Waals surface area (Å²) < 4.78 is 0. The largest absolute Gasteiger partial charge is 0.363 e. The van der Waals surface area contributed by atoms with Gasteiger partial charge < -0.3 is 10.2 Å². The van der Waals surface area contributed by atoms with E-state index in [0.29, 0.717) is 13.0 Å². The average Bonchev–Trinajstić information content (AvgIpc) is 3.13. The van der Waals surface area contributed by atoms with Crippen LogP contribution in [0.4, 0.5) is 0 Å². The Kier molecular flexibility index (Phi) is 7.56. The molecule has 27 heavy (non-hydrogen) atoms. The predicted octanol–water partition coefficient (Wildman–Crippen LogP) is 4.81. The van der Waals surface area contributed by atoms with E-state index in [1.807, 2.05) is 36.6 Å². The number of nitrogens with zero attached hydrogens (tertiary/aromatic N) is 1. The van der Waals surface area contributed by atoms with Crippen molar-refractivity contribution < 1.29 is 4.79 Å². The third-order valence-electron chi connectivity index (χ3n) is 4.40. The van der Waals surface area contributed by atoms with Crippen molar-refractivity contribution >= 4 is 41.0 Å². The molecule has 142 valence electrons. The number of carbonyl (C=O) groups is 1. The third-order valence-corrected chi connectivity index (χ3v) is 6.41. The van der Waals surface area contributed by atoms with Crippen LogP contribution >= 0.6 is 35.1 Å². The molecule has 1 N–H and O–H groups in total. The Bertz CT molecular complexity index is 795. The van der Waals surface area contributed by atoms with E-state index >= 15 is 0 Å². The lowest BCUT2D eigenvalue weighted by Gasteiger charge is -2.25. The number of carbonyl (C=O) groups excluding carboxylic acids is 1. The molecule has 0 fully saturated rings. The van der Waals surface area contributed by atoms with Crippen LogP contribution in [0.15, 0.2) is 65.0 Å². The maximum atomic E-state index is 12.3. The minimum atomic E-state index is 0.0641. The molecule has 1 unspecified atom stereocenters. The molecule has 0 saturated carbocycles. The molecule has 1 atom stereocenters. The molecule has 3 rings (SSSR count). The number of rotatable bonds is 8. The van der Waals surface area contributed by atoms with E-state index in [9.17, 15) is 4.79 Å². The summed E-state index contributed by atoms with van der Waals surface area (Å²) in [6, 6.07) is 16.1. The number of hydrogen-bond acceptors (Lipinski definition) is 4. The van der Waals surface area contributed by atoms with Gasteiger partial charge in [-0.3, -0.25) is 4.79 Å². The average molecular weight is 419 g/mol. The van der Waals surface area contributed by atoms with Crippen LogP contribution in [-0.4, -0.2) is 35.5 Å². The summed E-state index contributed by atoms with van der Waals surface area (Å²) in [5.41, 5.74) is 2.27. The molecule has 0 radical (unpaired) electrons. The van der Waals surface area contributed by atoms with Gasteiger partial charge in [-0.2, -0.15) is 0 Å². The number of halogens is 1. The van der Waals surface area contributed by atoms with Crippen LogP contribution in [-0.2, 0) is 17.6 Å². The first kappa shape index (κ1) is 20.2. The Labute approximate surface area is 174 Å². The second-order valence-corrected chi connectivity index (χ2v) is 8.73. The van der Waals surface area contributed by atoms with Gasteiger partial charge in [0.15, 0.2) is 0 Å². The third kappa shape index (κ3) is 6.23. The van der Waals surface area contributed by atoms with Crippen molar-refractivity contribution in [3.8, 4) is 0 Å². The van der Waals surface area contributed by atoms with Crippen LogP contribution < -0.4 is 5.32 Å². The molecule has 0 saturated heterocycles. The Morgan fingerprint density at radius 2 is 2.04 bits per heavy atom. The smallest absolute Gasteiger partial charge is 0.224 e. The maximum Gasteiger partial charge on any atom is 0.224 e. The number of amides is 1. The van der Waals surface area contributed by atoms with Crippen LogP contribution in [0.2, 0.25) is 5.02 Å². The molecule has 2 aromatic carbocycles. The molecular weight excluding hydrogens is 396 g/mol. The van der Waals surface area contributed by atoms with Gasteiger partial charge >= 0.3 is 0 Å². The first-order valence-corrected chi connectivity index (χ1v) is 11.4. The Morgan fingerprint density at radius 1 is 1.22 bits per heavy atom. The molecule has 0 spiro atoms. The molecule has 6 heteroatoms. The fourth-order valence-electron chi connectivity index (χ4n) is 2.91. The van der Waals surface area contributed by atoms with Crippen molar-refractivity contribution in [2.45, 2.75) is 23.1 Å². The van der Waals surface area contributed by atoms with Crippen LogP contribution in [0.5, 0.6) is 0 Å². The highest BCUT2D eigenvalue weighted by Gasteiger charge is 2.20. The van der Waals surface area contributed by atoms with Gasteiger partial charge in [-0.1, -0.05) is 35.9 Å². The van der Waals surface area contributed by atoms with Gasteiger partial charge in [0.05, 0.1) is 11.8 Å². The lowest BCUT2D eigenvalue weighted by atomic mass is 10.1. The second-order valence-electron chi connectivity index (χ2n) is 6.32. The van der Waals surface area contributed by atoms with Gasteiger partial charge in [-0.25, -0.2) is 0 Å². The van der Waals surface area contributed by atoms with Gasteiger partial charge in [-0.05, 0) is 53.5 Å². The molecule has 2 aromatic rings. The van der Waals surface area contributed by atoms with Crippen LogP contribution in [0, 0.1) is 0 Å². The first-order valence-electron chi connectivity index (χ1n) is 8.86. The Hall–Kier alpha value is -1.56. The van der Waals surface area contributed by atoms with Gasteiger partial charge in [-0.15, -0.1) is 23.5 Å². The number of nitrogens with one attached hydrogen (secondary N) is 1. The standard InChI is InChI=1S/C21H23ClN2OS2/c1-26-19-7-5-17(6-8-19)14-20(25)23-15-21-24(11-12-27-21)10-9-16-3-2-4-18(22)13-16/h2-8,11-13,21H,9-10,14-15H2,1H3,(H,23,25). The summed E-state index contributed by atoms with van der Waals surface area (Å²) in [6.07, 6.45) is 5.50. The molecule has 1 amide bonds. The van der Waals surface area contributed by atoms with E-state index < -0.39 is 0 Å². The normalized spacial score (nSPS) is 15.9. The van der Waals surface area contributed by atoms with Gasteiger partial charge in [0, 0.05) is 29.2 Å². The fraction of sp³-hybridized carbons (Fsp3) is 0.286. The molecule has 0 bridgehead atoms. The molecule has 1 aliphatic heterocycles. The molecule has 3 nitrogen and oxygen atoms in total. The second kappa shape index (κ2) is 10.1.